The minimum absolute atomic E-state index is 0.0371. The van der Waals surface area contributed by atoms with E-state index in [0.717, 1.165) is 17.7 Å². The lowest BCUT2D eigenvalue weighted by Crippen LogP contribution is -2.40. The Balaban J connectivity index is 2.40. The Morgan fingerprint density at radius 1 is 1.53 bits per heavy atom. The van der Waals surface area contributed by atoms with Gasteiger partial charge < -0.3 is 10.1 Å². The summed E-state index contributed by atoms with van der Waals surface area (Å²) >= 11 is 5.98. The van der Waals surface area contributed by atoms with Crippen LogP contribution in [0.2, 0.25) is 5.02 Å². The molecule has 1 aliphatic heterocycles. The monoisotopic (exact) mass is 253 g/mol. The second kappa shape index (κ2) is 4.22. The zero-order chi connectivity index (χ0) is 12.6. The molecule has 17 heavy (non-hydrogen) atoms. The van der Waals surface area contributed by atoms with Crippen LogP contribution in [0.3, 0.4) is 0 Å². The van der Waals surface area contributed by atoms with Crippen molar-refractivity contribution in [1.82, 2.24) is 5.32 Å². The maximum atomic E-state index is 11.2. The molecule has 4 heteroatoms. The lowest BCUT2D eigenvalue weighted by molar-refractivity contribution is -0.120. The van der Waals surface area contributed by atoms with E-state index in [9.17, 15) is 4.79 Å². The van der Waals surface area contributed by atoms with Gasteiger partial charge in [-0.25, -0.2) is 0 Å². The molecule has 1 heterocycles. The average molecular weight is 254 g/mol. The Morgan fingerprint density at radius 2 is 2.24 bits per heavy atom. The maximum absolute atomic E-state index is 11.2. The Kier molecular flexibility index (Phi) is 3.04. The topological polar surface area (TPSA) is 38.3 Å². The van der Waals surface area contributed by atoms with Gasteiger partial charge in [0, 0.05) is 23.9 Å². The van der Waals surface area contributed by atoms with Crippen LogP contribution in [0.1, 0.15) is 38.8 Å². The highest BCUT2D eigenvalue weighted by Crippen LogP contribution is 2.40. The van der Waals surface area contributed by atoms with E-state index in [1.165, 1.54) is 6.92 Å². The van der Waals surface area contributed by atoms with Crippen molar-refractivity contribution in [2.75, 3.05) is 0 Å². The summed E-state index contributed by atoms with van der Waals surface area (Å²) < 4.78 is 5.88. The number of nitrogens with one attached hydrogen (secondary N) is 1. The van der Waals surface area contributed by atoms with Crippen LogP contribution < -0.4 is 10.1 Å². The molecule has 1 N–H and O–H groups in total. The standard InChI is InChI=1S/C13H16ClNO2/c1-8(16)15-11-7-13(2,3)17-12-5-4-9(14)6-10(11)12/h4-6,11H,7H2,1-3H3,(H,15,16). The fraction of sp³-hybridized carbons (Fsp3) is 0.462. The van der Waals surface area contributed by atoms with E-state index >= 15 is 0 Å². The summed E-state index contributed by atoms with van der Waals surface area (Å²) in [5.41, 5.74) is 0.667. The quantitative estimate of drug-likeness (QED) is 0.835. The van der Waals surface area contributed by atoms with Gasteiger partial charge in [-0.05, 0) is 32.0 Å². The number of rotatable bonds is 1. The summed E-state index contributed by atoms with van der Waals surface area (Å²) in [5, 5.41) is 3.60. The Labute approximate surface area is 106 Å². The second-order valence-corrected chi connectivity index (χ2v) is 5.44. The molecule has 0 spiro atoms. The number of amides is 1. The fourth-order valence-corrected chi connectivity index (χ4v) is 2.38. The van der Waals surface area contributed by atoms with Crippen molar-refractivity contribution in [3.8, 4) is 5.75 Å². The minimum Gasteiger partial charge on any atom is -0.487 e. The molecule has 1 aliphatic rings. The van der Waals surface area contributed by atoms with E-state index in [-0.39, 0.29) is 17.6 Å². The lowest BCUT2D eigenvalue weighted by Gasteiger charge is -2.37. The lowest BCUT2D eigenvalue weighted by atomic mass is 9.89. The van der Waals surface area contributed by atoms with Gasteiger partial charge in [-0.2, -0.15) is 0 Å². The summed E-state index contributed by atoms with van der Waals surface area (Å²) in [7, 11) is 0. The number of ether oxygens (including phenoxy) is 1. The Morgan fingerprint density at radius 3 is 2.88 bits per heavy atom. The predicted molar refractivity (Wildman–Crippen MR) is 67.3 cm³/mol. The normalized spacial score (nSPS) is 21.3. The molecule has 0 saturated heterocycles. The third-order valence-corrected chi connectivity index (χ3v) is 3.04. The summed E-state index contributed by atoms with van der Waals surface area (Å²) in [6, 6.07) is 5.47. The fourth-order valence-electron chi connectivity index (χ4n) is 2.20. The first-order valence-corrected chi connectivity index (χ1v) is 6.01. The van der Waals surface area contributed by atoms with Crippen LogP contribution in [0.15, 0.2) is 18.2 Å². The van der Waals surface area contributed by atoms with Crippen LogP contribution in [-0.4, -0.2) is 11.5 Å². The van der Waals surface area contributed by atoms with Gasteiger partial charge in [0.2, 0.25) is 5.91 Å². The Hall–Kier alpha value is -1.22. The van der Waals surface area contributed by atoms with E-state index in [0.29, 0.717) is 5.02 Å². The van der Waals surface area contributed by atoms with Gasteiger partial charge in [0.25, 0.3) is 0 Å². The van der Waals surface area contributed by atoms with Crippen molar-refractivity contribution >= 4 is 17.5 Å². The second-order valence-electron chi connectivity index (χ2n) is 5.00. The molecular weight excluding hydrogens is 238 g/mol. The van der Waals surface area contributed by atoms with Gasteiger partial charge in [0.1, 0.15) is 11.4 Å². The van der Waals surface area contributed by atoms with Gasteiger partial charge in [-0.15, -0.1) is 0 Å². The third kappa shape index (κ3) is 2.72. The van der Waals surface area contributed by atoms with Gasteiger partial charge in [-0.3, -0.25) is 4.79 Å². The number of carbonyl (C=O) groups is 1. The van der Waals surface area contributed by atoms with E-state index < -0.39 is 0 Å². The molecule has 0 saturated carbocycles. The molecule has 0 radical (unpaired) electrons. The first-order chi connectivity index (χ1) is 7.87. The molecule has 0 aromatic heterocycles. The number of carbonyl (C=O) groups excluding carboxylic acids is 1. The molecule has 1 aromatic rings. The predicted octanol–water partition coefficient (Wildman–Crippen LogP) is 3.08. The smallest absolute Gasteiger partial charge is 0.217 e. The van der Waals surface area contributed by atoms with Gasteiger partial charge in [-0.1, -0.05) is 11.6 Å². The molecule has 1 unspecified atom stereocenters. The number of benzene rings is 1. The van der Waals surface area contributed by atoms with E-state index in [4.69, 9.17) is 16.3 Å². The first kappa shape index (κ1) is 12.2. The zero-order valence-electron chi connectivity index (χ0n) is 10.2. The highest BCUT2D eigenvalue weighted by atomic mass is 35.5. The minimum atomic E-state index is -0.284. The molecule has 1 aromatic carbocycles. The zero-order valence-corrected chi connectivity index (χ0v) is 11.0. The van der Waals surface area contributed by atoms with Crippen LogP contribution in [0, 0.1) is 0 Å². The molecule has 0 bridgehead atoms. The highest BCUT2D eigenvalue weighted by Gasteiger charge is 2.34. The van der Waals surface area contributed by atoms with Gasteiger partial charge in [0.05, 0.1) is 6.04 Å². The number of halogens is 1. The molecule has 2 rings (SSSR count). The van der Waals surface area contributed by atoms with Crippen molar-refractivity contribution < 1.29 is 9.53 Å². The van der Waals surface area contributed by atoms with Crippen LogP contribution in [0.4, 0.5) is 0 Å². The molecule has 0 aliphatic carbocycles. The molecule has 3 nitrogen and oxygen atoms in total. The van der Waals surface area contributed by atoms with Crippen LogP contribution in [-0.2, 0) is 4.79 Å². The van der Waals surface area contributed by atoms with Crippen molar-refractivity contribution in [3.05, 3.63) is 28.8 Å². The average Bonchev–Trinajstić information content (AvgIpc) is 2.17. The van der Waals surface area contributed by atoms with Crippen molar-refractivity contribution in [3.63, 3.8) is 0 Å². The van der Waals surface area contributed by atoms with Crippen LogP contribution >= 0.6 is 11.6 Å². The van der Waals surface area contributed by atoms with Crippen LogP contribution in [0.25, 0.3) is 0 Å². The van der Waals surface area contributed by atoms with E-state index in [1.807, 2.05) is 26.0 Å². The Bertz CT molecular complexity index is 457. The van der Waals surface area contributed by atoms with Crippen molar-refractivity contribution in [2.45, 2.75) is 38.8 Å². The third-order valence-electron chi connectivity index (χ3n) is 2.81. The number of hydrogen-bond donors (Lipinski definition) is 1. The summed E-state index contributed by atoms with van der Waals surface area (Å²) in [6.45, 7) is 5.55. The molecule has 0 fully saturated rings. The van der Waals surface area contributed by atoms with Gasteiger partial charge >= 0.3 is 0 Å². The molecular formula is C13H16ClNO2. The summed E-state index contributed by atoms with van der Waals surface area (Å²) in [4.78, 5) is 11.2. The largest absolute Gasteiger partial charge is 0.487 e. The number of fused-ring (bicyclic) bond motifs is 1. The highest BCUT2D eigenvalue weighted by molar-refractivity contribution is 6.30. The first-order valence-electron chi connectivity index (χ1n) is 5.63. The summed E-state index contributed by atoms with van der Waals surface area (Å²) in [5.74, 6) is 0.753. The summed E-state index contributed by atoms with van der Waals surface area (Å²) in [6.07, 6.45) is 0.736. The van der Waals surface area contributed by atoms with E-state index in [2.05, 4.69) is 5.32 Å². The van der Waals surface area contributed by atoms with Crippen molar-refractivity contribution in [1.29, 1.82) is 0 Å². The van der Waals surface area contributed by atoms with Crippen LogP contribution in [0.5, 0.6) is 5.75 Å². The number of hydrogen-bond acceptors (Lipinski definition) is 2. The SMILES string of the molecule is CC(=O)NC1CC(C)(C)Oc2ccc(Cl)cc21. The van der Waals surface area contributed by atoms with Crippen molar-refractivity contribution in [2.24, 2.45) is 0 Å². The maximum Gasteiger partial charge on any atom is 0.217 e. The molecule has 1 atom stereocenters. The van der Waals surface area contributed by atoms with Gasteiger partial charge in [0.15, 0.2) is 0 Å². The molecule has 92 valence electrons. The van der Waals surface area contributed by atoms with E-state index in [1.54, 1.807) is 6.07 Å². The molecule has 1 amide bonds.